The van der Waals surface area contributed by atoms with Gasteiger partial charge in [-0.2, -0.15) is 0 Å². The number of carbonyl (C=O) groups excluding carboxylic acids is 2. The molecule has 4 nitrogen and oxygen atoms in total. The zero-order valence-corrected chi connectivity index (χ0v) is 15.3. The minimum atomic E-state index is -0.447. The Bertz CT molecular complexity index is 583. The predicted octanol–water partition coefficient (Wildman–Crippen LogP) is 3.54. The van der Waals surface area contributed by atoms with E-state index in [4.69, 9.17) is 0 Å². The van der Waals surface area contributed by atoms with Crippen molar-refractivity contribution < 1.29 is 9.59 Å². The lowest BCUT2D eigenvalue weighted by Gasteiger charge is -2.36. The van der Waals surface area contributed by atoms with Gasteiger partial charge in [0.05, 0.1) is 0 Å². The maximum absolute atomic E-state index is 13.0. The van der Waals surface area contributed by atoms with E-state index in [0.29, 0.717) is 17.9 Å². The van der Waals surface area contributed by atoms with Gasteiger partial charge in [0.2, 0.25) is 5.91 Å². The SMILES string of the molecule is Cc1ccccc1C(=O)NC(CC(C)C)C(=O)N1CCCCC1C. The number of amides is 2. The molecule has 2 amide bonds. The molecule has 0 saturated carbocycles. The molecule has 1 aliphatic heterocycles. The summed E-state index contributed by atoms with van der Waals surface area (Å²) in [5.41, 5.74) is 1.57. The second-order valence-electron chi connectivity index (χ2n) is 7.35. The number of aryl methyl sites for hydroxylation is 1. The molecular formula is C20H30N2O2. The number of rotatable bonds is 5. The molecule has 1 heterocycles. The topological polar surface area (TPSA) is 49.4 Å². The Morgan fingerprint density at radius 3 is 2.58 bits per heavy atom. The van der Waals surface area contributed by atoms with Crippen molar-refractivity contribution in [2.24, 2.45) is 5.92 Å². The quantitative estimate of drug-likeness (QED) is 0.898. The van der Waals surface area contributed by atoms with Crippen LogP contribution in [0.1, 0.15) is 62.4 Å². The van der Waals surface area contributed by atoms with Gasteiger partial charge in [-0.25, -0.2) is 0 Å². The summed E-state index contributed by atoms with van der Waals surface area (Å²) >= 11 is 0. The first kappa shape index (κ1) is 18.5. The van der Waals surface area contributed by atoms with E-state index in [2.05, 4.69) is 26.1 Å². The molecule has 132 valence electrons. The van der Waals surface area contributed by atoms with Gasteiger partial charge in [0.15, 0.2) is 0 Å². The Kier molecular flexibility index (Phi) is 6.41. The number of nitrogens with zero attached hydrogens (tertiary/aromatic N) is 1. The largest absolute Gasteiger partial charge is 0.340 e. The second-order valence-corrected chi connectivity index (χ2v) is 7.35. The number of piperidine rings is 1. The molecule has 2 rings (SSSR count). The summed E-state index contributed by atoms with van der Waals surface area (Å²) in [6, 6.07) is 7.31. The van der Waals surface area contributed by atoms with Gasteiger partial charge >= 0.3 is 0 Å². The Labute approximate surface area is 145 Å². The van der Waals surface area contributed by atoms with E-state index >= 15 is 0 Å². The molecule has 2 unspecified atom stereocenters. The third-order valence-corrected chi connectivity index (χ3v) is 4.79. The minimum absolute atomic E-state index is 0.0674. The Morgan fingerprint density at radius 2 is 1.96 bits per heavy atom. The predicted molar refractivity (Wildman–Crippen MR) is 96.9 cm³/mol. The number of benzene rings is 1. The van der Waals surface area contributed by atoms with Crippen LogP contribution in [0.5, 0.6) is 0 Å². The van der Waals surface area contributed by atoms with E-state index < -0.39 is 6.04 Å². The summed E-state index contributed by atoms with van der Waals surface area (Å²) in [4.78, 5) is 27.6. The molecular weight excluding hydrogens is 300 g/mol. The molecule has 0 aromatic heterocycles. The molecule has 1 aliphatic rings. The molecule has 0 radical (unpaired) electrons. The van der Waals surface area contributed by atoms with Crippen LogP contribution in [-0.4, -0.2) is 35.3 Å². The molecule has 1 saturated heterocycles. The fourth-order valence-electron chi connectivity index (χ4n) is 3.38. The van der Waals surface area contributed by atoms with Gasteiger partial charge in [0.1, 0.15) is 6.04 Å². The van der Waals surface area contributed by atoms with Crippen molar-refractivity contribution in [3.8, 4) is 0 Å². The van der Waals surface area contributed by atoms with Gasteiger partial charge in [0, 0.05) is 18.2 Å². The van der Waals surface area contributed by atoms with Gasteiger partial charge in [-0.05, 0) is 57.1 Å². The third-order valence-electron chi connectivity index (χ3n) is 4.79. The fraction of sp³-hybridized carbons (Fsp3) is 0.600. The lowest BCUT2D eigenvalue weighted by molar-refractivity contribution is -0.136. The van der Waals surface area contributed by atoms with E-state index in [9.17, 15) is 9.59 Å². The van der Waals surface area contributed by atoms with E-state index in [1.807, 2.05) is 36.1 Å². The number of carbonyl (C=O) groups is 2. The van der Waals surface area contributed by atoms with Crippen molar-refractivity contribution in [2.45, 2.75) is 65.5 Å². The first-order valence-corrected chi connectivity index (χ1v) is 9.07. The van der Waals surface area contributed by atoms with Crippen molar-refractivity contribution in [1.82, 2.24) is 10.2 Å². The zero-order valence-electron chi connectivity index (χ0n) is 15.3. The summed E-state index contributed by atoms with van der Waals surface area (Å²) in [6.07, 6.45) is 3.94. The summed E-state index contributed by atoms with van der Waals surface area (Å²) in [6.45, 7) is 8.99. The van der Waals surface area contributed by atoms with Crippen LogP contribution in [0.3, 0.4) is 0 Å². The van der Waals surface area contributed by atoms with Crippen molar-refractivity contribution in [3.05, 3.63) is 35.4 Å². The molecule has 0 spiro atoms. The van der Waals surface area contributed by atoms with Crippen LogP contribution in [-0.2, 0) is 4.79 Å². The molecule has 4 heteroatoms. The standard InChI is InChI=1S/C20H30N2O2/c1-14(2)13-18(20(24)22-12-8-7-10-16(22)4)21-19(23)17-11-6-5-9-15(17)3/h5-6,9,11,14,16,18H,7-8,10,12-13H2,1-4H3,(H,21,23). The molecule has 24 heavy (non-hydrogen) atoms. The van der Waals surface area contributed by atoms with Crippen LogP contribution >= 0.6 is 0 Å². The van der Waals surface area contributed by atoms with Crippen LogP contribution in [0.4, 0.5) is 0 Å². The van der Waals surface area contributed by atoms with Crippen molar-refractivity contribution in [1.29, 1.82) is 0 Å². The average Bonchev–Trinajstić information content (AvgIpc) is 2.54. The second kappa shape index (κ2) is 8.32. The molecule has 1 aromatic carbocycles. The lowest BCUT2D eigenvalue weighted by Crippen LogP contribution is -2.53. The summed E-state index contributed by atoms with van der Waals surface area (Å²) < 4.78 is 0. The van der Waals surface area contributed by atoms with Crippen LogP contribution in [0.15, 0.2) is 24.3 Å². The number of nitrogens with one attached hydrogen (secondary N) is 1. The number of likely N-dealkylation sites (tertiary alicyclic amines) is 1. The Hall–Kier alpha value is -1.84. The number of hydrogen-bond acceptors (Lipinski definition) is 2. The highest BCUT2D eigenvalue weighted by atomic mass is 16.2. The molecule has 1 N–H and O–H groups in total. The van der Waals surface area contributed by atoms with Crippen LogP contribution < -0.4 is 5.32 Å². The number of hydrogen-bond donors (Lipinski definition) is 1. The monoisotopic (exact) mass is 330 g/mol. The van der Waals surface area contributed by atoms with E-state index in [-0.39, 0.29) is 17.9 Å². The average molecular weight is 330 g/mol. The van der Waals surface area contributed by atoms with E-state index in [1.165, 1.54) is 6.42 Å². The van der Waals surface area contributed by atoms with Crippen molar-refractivity contribution in [3.63, 3.8) is 0 Å². The van der Waals surface area contributed by atoms with Crippen LogP contribution in [0, 0.1) is 12.8 Å². The van der Waals surface area contributed by atoms with E-state index in [1.54, 1.807) is 0 Å². The van der Waals surface area contributed by atoms with Crippen LogP contribution in [0.2, 0.25) is 0 Å². The maximum Gasteiger partial charge on any atom is 0.252 e. The van der Waals surface area contributed by atoms with Gasteiger partial charge in [-0.15, -0.1) is 0 Å². The zero-order chi connectivity index (χ0) is 17.7. The Balaban J connectivity index is 2.14. The highest BCUT2D eigenvalue weighted by Crippen LogP contribution is 2.19. The third kappa shape index (κ3) is 4.59. The van der Waals surface area contributed by atoms with Crippen molar-refractivity contribution in [2.75, 3.05) is 6.54 Å². The van der Waals surface area contributed by atoms with Gasteiger partial charge in [-0.3, -0.25) is 9.59 Å². The lowest BCUT2D eigenvalue weighted by atomic mass is 9.98. The summed E-state index contributed by atoms with van der Waals surface area (Å²) in [5.74, 6) is 0.255. The summed E-state index contributed by atoms with van der Waals surface area (Å²) in [5, 5.41) is 2.99. The molecule has 1 fully saturated rings. The van der Waals surface area contributed by atoms with Crippen molar-refractivity contribution >= 4 is 11.8 Å². The highest BCUT2D eigenvalue weighted by Gasteiger charge is 2.31. The molecule has 0 bridgehead atoms. The first-order chi connectivity index (χ1) is 11.4. The first-order valence-electron chi connectivity index (χ1n) is 9.07. The van der Waals surface area contributed by atoms with Gasteiger partial charge < -0.3 is 10.2 Å². The van der Waals surface area contributed by atoms with Gasteiger partial charge in [0.25, 0.3) is 5.91 Å². The minimum Gasteiger partial charge on any atom is -0.340 e. The summed E-state index contributed by atoms with van der Waals surface area (Å²) in [7, 11) is 0. The molecule has 1 aromatic rings. The van der Waals surface area contributed by atoms with Gasteiger partial charge in [-0.1, -0.05) is 32.0 Å². The van der Waals surface area contributed by atoms with E-state index in [0.717, 1.165) is 24.9 Å². The Morgan fingerprint density at radius 1 is 1.25 bits per heavy atom. The molecule has 2 atom stereocenters. The normalized spacial score (nSPS) is 19.2. The fourth-order valence-corrected chi connectivity index (χ4v) is 3.38. The highest BCUT2D eigenvalue weighted by molar-refractivity contribution is 5.98. The smallest absolute Gasteiger partial charge is 0.252 e. The molecule has 0 aliphatic carbocycles. The maximum atomic E-state index is 13.0. The van der Waals surface area contributed by atoms with Crippen LogP contribution in [0.25, 0.3) is 0 Å².